The molecule has 0 aliphatic rings. The van der Waals surface area contributed by atoms with Gasteiger partial charge in [0.15, 0.2) is 6.61 Å². The van der Waals surface area contributed by atoms with Crippen molar-refractivity contribution in [2.45, 2.75) is 0 Å². The van der Waals surface area contributed by atoms with Crippen LogP contribution in [0.4, 0.5) is 5.69 Å². The van der Waals surface area contributed by atoms with Crippen molar-refractivity contribution >= 4 is 27.5 Å². The van der Waals surface area contributed by atoms with Crippen LogP contribution in [-0.2, 0) is 4.79 Å². The summed E-state index contributed by atoms with van der Waals surface area (Å²) in [4.78, 5) is 11.8. The highest BCUT2D eigenvalue weighted by Gasteiger charge is 2.07. The van der Waals surface area contributed by atoms with Crippen molar-refractivity contribution in [1.29, 1.82) is 0 Å². The molecule has 2 rings (SSSR count). The number of carbonyl (C=O) groups is 1. The predicted molar refractivity (Wildman–Crippen MR) is 81.3 cm³/mol. The van der Waals surface area contributed by atoms with Gasteiger partial charge in [0.1, 0.15) is 11.5 Å². The van der Waals surface area contributed by atoms with E-state index in [1.165, 1.54) is 0 Å². The molecule has 1 N–H and O–H groups in total. The number of para-hydroxylation sites is 2. The summed E-state index contributed by atoms with van der Waals surface area (Å²) < 4.78 is 11.5. The summed E-state index contributed by atoms with van der Waals surface area (Å²) in [5.41, 5.74) is 0.624. The lowest BCUT2D eigenvalue weighted by molar-refractivity contribution is -0.118. The number of halogens is 1. The van der Waals surface area contributed by atoms with Gasteiger partial charge in [-0.2, -0.15) is 0 Å². The zero-order valence-corrected chi connectivity index (χ0v) is 12.5. The highest BCUT2D eigenvalue weighted by molar-refractivity contribution is 9.10. The maximum absolute atomic E-state index is 11.8. The van der Waals surface area contributed by atoms with Gasteiger partial charge in [-0.1, -0.05) is 28.1 Å². The fourth-order valence-electron chi connectivity index (χ4n) is 1.61. The van der Waals surface area contributed by atoms with E-state index in [0.717, 1.165) is 4.47 Å². The average Bonchev–Trinajstić information content (AvgIpc) is 2.47. The van der Waals surface area contributed by atoms with Crippen LogP contribution in [0.15, 0.2) is 53.0 Å². The van der Waals surface area contributed by atoms with Crippen LogP contribution in [0.3, 0.4) is 0 Å². The molecule has 4 nitrogen and oxygen atoms in total. The van der Waals surface area contributed by atoms with Crippen LogP contribution in [0.5, 0.6) is 11.5 Å². The zero-order valence-electron chi connectivity index (χ0n) is 10.9. The van der Waals surface area contributed by atoms with Crippen LogP contribution in [0.2, 0.25) is 0 Å². The summed E-state index contributed by atoms with van der Waals surface area (Å²) in [6.07, 6.45) is 0. The number of methoxy groups -OCH3 is 1. The number of anilines is 1. The van der Waals surface area contributed by atoms with Gasteiger partial charge in [-0.3, -0.25) is 4.79 Å². The third-order valence-corrected chi connectivity index (χ3v) is 3.09. The van der Waals surface area contributed by atoms with Crippen LogP contribution in [-0.4, -0.2) is 19.6 Å². The Balaban J connectivity index is 1.91. The lowest BCUT2D eigenvalue weighted by Gasteiger charge is -2.10. The van der Waals surface area contributed by atoms with Crippen LogP contribution in [0.25, 0.3) is 0 Å². The summed E-state index contributed by atoms with van der Waals surface area (Å²) in [5, 5.41) is 2.74. The number of carbonyl (C=O) groups excluding carboxylic acids is 1. The van der Waals surface area contributed by atoms with Crippen LogP contribution in [0.1, 0.15) is 0 Å². The maximum atomic E-state index is 11.8. The van der Waals surface area contributed by atoms with Gasteiger partial charge in [0.2, 0.25) is 0 Å². The number of hydrogen-bond acceptors (Lipinski definition) is 3. The number of benzene rings is 2. The molecule has 1 amide bonds. The smallest absolute Gasteiger partial charge is 0.262 e. The van der Waals surface area contributed by atoms with Gasteiger partial charge in [-0.15, -0.1) is 0 Å². The van der Waals surface area contributed by atoms with E-state index in [0.29, 0.717) is 17.2 Å². The van der Waals surface area contributed by atoms with E-state index in [-0.39, 0.29) is 12.5 Å². The Labute approximate surface area is 125 Å². The van der Waals surface area contributed by atoms with Crippen LogP contribution < -0.4 is 14.8 Å². The predicted octanol–water partition coefficient (Wildman–Crippen LogP) is 3.48. The molecule has 0 unspecified atom stereocenters. The second-order valence-corrected chi connectivity index (χ2v) is 4.91. The van der Waals surface area contributed by atoms with Crippen molar-refractivity contribution in [1.82, 2.24) is 0 Å². The summed E-state index contributed by atoms with van der Waals surface area (Å²) in [6.45, 7) is -0.0559. The first-order valence-corrected chi connectivity index (χ1v) is 6.79. The Hall–Kier alpha value is -2.01. The van der Waals surface area contributed by atoms with Crippen molar-refractivity contribution < 1.29 is 14.3 Å². The SMILES string of the molecule is COc1ccccc1NC(=O)COc1ccc(Br)cc1. The lowest BCUT2D eigenvalue weighted by Crippen LogP contribution is -2.20. The van der Waals surface area contributed by atoms with Crippen LogP contribution in [0, 0.1) is 0 Å². The Morgan fingerprint density at radius 1 is 1.15 bits per heavy atom. The Morgan fingerprint density at radius 2 is 1.85 bits per heavy atom. The van der Waals surface area contributed by atoms with E-state index in [9.17, 15) is 4.79 Å². The minimum Gasteiger partial charge on any atom is -0.495 e. The normalized spacial score (nSPS) is 9.90. The van der Waals surface area contributed by atoms with E-state index in [4.69, 9.17) is 9.47 Å². The molecule has 0 atom stereocenters. The molecule has 20 heavy (non-hydrogen) atoms. The van der Waals surface area contributed by atoms with Gasteiger partial charge in [0.05, 0.1) is 12.8 Å². The third kappa shape index (κ3) is 3.99. The fourth-order valence-corrected chi connectivity index (χ4v) is 1.88. The van der Waals surface area contributed by atoms with Crippen molar-refractivity contribution in [2.75, 3.05) is 19.0 Å². The van der Waals surface area contributed by atoms with Gasteiger partial charge in [-0.05, 0) is 36.4 Å². The molecule has 2 aromatic carbocycles. The molecule has 0 radical (unpaired) electrons. The minimum absolute atomic E-state index is 0.0559. The first-order chi connectivity index (χ1) is 9.69. The summed E-state index contributed by atoms with van der Waals surface area (Å²) >= 11 is 3.34. The minimum atomic E-state index is -0.239. The third-order valence-electron chi connectivity index (χ3n) is 2.56. The second kappa shape index (κ2) is 6.96. The highest BCUT2D eigenvalue weighted by atomic mass is 79.9. The van der Waals surface area contributed by atoms with Gasteiger partial charge >= 0.3 is 0 Å². The molecule has 0 aliphatic heterocycles. The maximum Gasteiger partial charge on any atom is 0.262 e. The number of nitrogens with one attached hydrogen (secondary N) is 1. The largest absolute Gasteiger partial charge is 0.495 e. The number of ether oxygens (including phenoxy) is 2. The van der Waals surface area contributed by atoms with Gasteiger partial charge in [0, 0.05) is 4.47 Å². The quantitative estimate of drug-likeness (QED) is 0.909. The number of amides is 1. The van der Waals surface area contributed by atoms with Crippen molar-refractivity contribution in [3.05, 3.63) is 53.0 Å². The highest BCUT2D eigenvalue weighted by Crippen LogP contribution is 2.23. The van der Waals surface area contributed by atoms with Gasteiger partial charge < -0.3 is 14.8 Å². The molecule has 2 aromatic rings. The van der Waals surface area contributed by atoms with E-state index < -0.39 is 0 Å². The molecule has 0 saturated heterocycles. The van der Waals surface area contributed by atoms with E-state index in [1.54, 1.807) is 31.4 Å². The molecular formula is C15H14BrNO3. The molecular weight excluding hydrogens is 322 g/mol. The fraction of sp³-hybridized carbons (Fsp3) is 0.133. The first kappa shape index (κ1) is 14.4. The van der Waals surface area contributed by atoms with E-state index >= 15 is 0 Å². The molecule has 5 heteroatoms. The Kier molecular flexibility index (Phi) is 5.01. The summed E-state index contributed by atoms with van der Waals surface area (Å²) in [5.74, 6) is 1.02. The van der Waals surface area contributed by atoms with Crippen molar-refractivity contribution in [2.24, 2.45) is 0 Å². The molecule has 0 aliphatic carbocycles. The van der Waals surface area contributed by atoms with Gasteiger partial charge in [0.25, 0.3) is 5.91 Å². The molecule has 0 bridgehead atoms. The molecule has 0 saturated carbocycles. The average molecular weight is 336 g/mol. The van der Waals surface area contributed by atoms with Gasteiger partial charge in [-0.25, -0.2) is 0 Å². The van der Waals surface area contributed by atoms with Crippen molar-refractivity contribution in [3.8, 4) is 11.5 Å². The molecule has 0 fully saturated rings. The summed E-state index contributed by atoms with van der Waals surface area (Å²) in [7, 11) is 1.56. The second-order valence-electron chi connectivity index (χ2n) is 3.99. The van der Waals surface area contributed by atoms with Crippen LogP contribution >= 0.6 is 15.9 Å². The molecule has 104 valence electrons. The Bertz CT molecular complexity index is 584. The molecule has 0 aromatic heterocycles. The molecule has 0 heterocycles. The zero-order chi connectivity index (χ0) is 14.4. The van der Waals surface area contributed by atoms with Crippen molar-refractivity contribution in [3.63, 3.8) is 0 Å². The van der Waals surface area contributed by atoms with E-state index in [1.807, 2.05) is 24.3 Å². The molecule has 0 spiro atoms. The number of rotatable bonds is 5. The first-order valence-electron chi connectivity index (χ1n) is 6.00. The Morgan fingerprint density at radius 3 is 2.55 bits per heavy atom. The monoisotopic (exact) mass is 335 g/mol. The number of hydrogen-bond donors (Lipinski definition) is 1. The summed E-state index contributed by atoms with van der Waals surface area (Å²) in [6, 6.07) is 14.5. The lowest BCUT2D eigenvalue weighted by atomic mass is 10.3. The van der Waals surface area contributed by atoms with E-state index in [2.05, 4.69) is 21.2 Å². The standard InChI is InChI=1S/C15H14BrNO3/c1-19-14-5-3-2-4-13(14)17-15(18)10-20-12-8-6-11(16)7-9-12/h2-9H,10H2,1H3,(H,17,18). The topological polar surface area (TPSA) is 47.6 Å².